The number of benzene rings is 4. The molecule has 0 saturated carbocycles. The van der Waals surface area contributed by atoms with Crippen molar-refractivity contribution in [3.8, 4) is 11.5 Å². The summed E-state index contributed by atoms with van der Waals surface area (Å²) < 4.78 is 7.98. The zero-order valence-corrected chi connectivity index (χ0v) is 21.6. The molecule has 1 saturated heterocycles. The molecule has 0 aliphatic carbocycles. The van der Waals surface area contributed by atoms with Gasteiger partial charge in [-0.25, -0.2) is 0 Å². The van der Waals surface area contributed by atoms with Crippen molar-refractivity contribution in [1.29, 1.82) is 0 Å². The summed E-state index contributed by atoms with van der Waals surface area (Å²) in [6, 6.07) is 34.5. The summed E-state index contributed by atoms with van der Waals surface area (Å²) in [5, 5.41) is 3.65. The predicted molar refractivity (Wildman–Crippen MR) is 157 cm³/mol. The van der Waals surface area contributed by atoms with Gasteiger partial charge in [-0.15, -0.1) is 0 Å². The fourth-order valence-electron chi connectivity index (χ4n) is 4.64. The number of amides is 2. The summed E-state index contributed by atoms with van der Waals surface area (Å²) >= 11 is 5.38. The molecule has 39 heavy (non-hydrogen) atoms. The quantitative estimate of drug-likeness (QED) is 0.159. The van der Waals surface area contributed by atoms with Crippen LogP contribution in [0.3, 0.4) is 0 Å². The van der Waals surface area contributed by atoms with E-state index in [1.807, 2.05) is 79.0 Å². The third kappa shape index (κ3) is 4.95. The number of ether oxygens (including phenoxy) is 1. The summed E-state index contributed by atoms with van der Waals surface area (Å²) in [6.45, 7) is 0.665. The highest BCUT2D eigenvalue weighted by Gasteiger charge is 2.34. The van der Waals surface area contributed by atoms with Gasteiger partial charge in [-0.1, -0.05) is 66.7 Å². The number of thiocarbonyl (C=S) groups is 1. The van der Waals surface area contributed by atoms with E-state index in [4.69, 9.17) is 17.0 Å². The maximum absolute atomic E-state index is 13.6. The fourth-order valence-corrected chi connectivity index (χ4v) is 4.92. The van der Waals surface area contributed by atoms with Gasteiger partial charge in [-0.05, 0) is 66.3 Å². The van der Waals surface area contributed by atoms with Crippen molar-refractivity contribution in [2.24, 2.45) is 0 Å². The Bertz CT molecular complexity index is 1730. The molecule has 2 amide bonds. The molecule has 1 N–H and O–H groups in total. The van der Waals surface area contributed by atoms with Crippen LogP contribution in [-0.2, 0) is 16.1 Å². The van der Waals surface area contributed by atoms with Gasteiger partial charge in [0.1, 0.15) is 17.1 Å². The van der Waals surface area contributed by atoms with E-state index in [0.717, 1.165) is 22.0 Å². The van der Waals surface area contributed by atoms with Crippen LogP contribution in [0.4, 0.5) is 5.69 Å². The standard InChI is InChI=1S/C32H23N3O3S/c36-30-28(19-23-21-34(20-22-9-3-1-4-10-22)29-14-8-7-13-27(23)29)31(37)35(32(39)33-30)24-15-17-26(18-16-24)38-25-11-5-2-6-12-25/h1-19,21H,20H2,(H,33,36,39). The molecule has 7 heteroatoms. The molecule has 1 aliphatic rings. The highest BCUT2D eigenvalue weighted by Crippen LogP contribution is 2.29. The van der Waals surface area contributed by atoms with Crippen LogP contribution in [0.2, 0.25) is 0 Å². The van der Waals surface area contributed by atoms with Crippen LogP contribution in [0.15, 0.2) is 121 Å². The molecule has 0 spiro atoms. The molecule has 6 nitrogen and oxygen atoms in total. The molecule has 1 aliphatic heterocycles. The van der Waals surface area contributed by atoms with Crippen LogP contribution < -0.4 is 15.0 Å². The van der Waals surface area contributed by atoms with Crippen molar-refractivity contribution in [1.82, 2.24) is 9.88 Å². The van der Waals surface area contributed by atoms with Gasteiger partial charge in [0.25, 0.3) is 11.8 Å². The maximum Gasteiger partial charge on any atom is 0.270 e. The Balaban J connectivity index is 1.32. The average molecular weight is 530 g/mol. The summed E-state index contributed by atoms with van der Waals surface area (Å²) in [4.78, 5) is 27.9. The van der Waals surface area contributed by atoms with Gasteiger partial charge in [-0.3, -0.25) is 19.8 Å². The number of fused-ring (bicyclic) bond motifs is 1. The molecular weight excluding hydrogens is 506 g/mol. The lowest BCUT2D eigenvalue weighted by Gasteiger charge is -2.29. The molecule has 5 aromatic rings. The van der Waals surface area contributed by atoms with Crippen molar-refractivity contribution in [2.75, 3.05) is 4.90 Å². The van der Waals surface area contributed by atoms with Crippen molar-refractivity contribution in [3.05, 3.63) is 132 Å². The van der Waals surface area contributed by atoms with E-state index < -0.39 is 11.8 Å². The third-order valence-corrected chi connectivity index (χ3v) is 6.78. The number of nitrogens with zero attached hydrogens (tertiary/aromatic N) is 2. The number of aromatic nitrogens is 1. The number of hydrogen-bond acceptors (Lipinski definition) is 4. The number of anilines is 1. The fraction of sp³-hybridized carbons (Fsp3) is 0.0312. The van der Waals surface area contributed by atoms with Crippen molar-refractivity contribution < 1.29 is 14.3 Å². The molecule has 0 unspecified atom stereocenters. The zero-order chi connectivity index (χ0) is 26.8. The molecule has 0 bridgehead atoms. The lowest BCUT2D eigenvalue weighted by Crippen LogP contribution is -2.54. The number of hydrogen-bond donors (Lipinski definition) is 1. The van der Waals surface area contributed by atoms with E-state index in [-0.39, 0.29) is 10.7 Å². The summed E-state index contributed by atoms with van der Waals surface area (Å²) in [5.74, 6) is 0.315. The Morgan fingerprint density at radius 2 is 1.41 bits per heavy atom. The first-order valence-corrected chi connectivity index (χ1v) is 12.8. The smallest absolute Gasteiger partial charge is 0.270 e. The second-order valence-corrected chi connectivity index (χ2v) is 9.47. The summed E-state index contributed by atoms with van der Waals surface area (Å²) in [6.07, 6.45) is 3.61. The van der Waals surface area contributed by atoms with Crippen molar-refractivity contribution in [2.45, 2.75) is 6.54 Å². The maximum atomic E-state index is 13.6. The van der Waals surface area contributed by atoms with Crippen LogP contribution >= 0.6 is 12.2 Å². The second kappa shape index (κ2) is 10.4. The van der Waals surface area contributed by atoms with E-state index in [1.54, 1.807) is 30.3 Å². The zero-order valence-electron chi connectivity index (χ0n) is 20.8. The van der Waals surface area contributed by atoms with E-state index in [9.17, 15) is 9.59 Å². The minimum Gasteiger partial charge on any atom is -0.457 e. The minimum atomic E-state index is -0.523. The Hall–Kier alpha value is -5.01. The molecular formula is C32H23N3O3S. The van der Waals surface area contributed by atoms with Crippen LogP contribution in [-0.4, -0.2) is 21.5 Å². The number of rotatable bonds is 6. The molecule has 1 fully saturated rings. The highest BCUT2D eigenvalue weighted by atomic mass is 32.1. The first-order chi connectivity index (χ1) is 19.1. The van der Waals surface area contributed by atoms with Crippen molar-refractivity contribution in [3.63, 3.8) is 0 Å². The van der Waals surface area contributed by atoms with Gasteiger partial charge in [0.15, 0.2) is 5.11 Å². The van der Waals surface area contributed by atoms with Gasteiger partial charge in [0.2, 0.25) is 0 Å². The second-order valence-electron chi connectivity index (χ2n) is 9.08. The number of nitrogens with one attached hydrogen (secondary N) is 1. The van der Waals surface area contributed by atoms with Crippen LogP contribution in [0.25, 0.3) is 17.0 Å². The summed E-state index contributed by atoms with van der Waals surface area (Å²) in [7, 11) is 0. The SMILES string of the molecule is O=C1NC(=S)N(c2ccc(Oc3ccccc3)cc2)C(=O)C1=Cc1cn(Cc2ccccc2)c2ccccc12. The van der Waals surface area contributed by atoms with E-state index >= 15 is 0 Å². The lowest BCUT2D eigenvalue weighted by molar-refractivity contribution is -0.122. The third-order valence-electron chi connectivity index (χ3n) is 6.49. The van der Waals surface area contributed by atoms with Crippen LogP contribution in [0.5, 0.6) is 11.5 Å². The molecule has 2 heterocycles. The topological polar surface area (TPSA) is 63.6 Å². The van der Waals surface area contributed by atoms with Crippen molar-refractivity contribution >= 4 is 51.8 Å². The first kappa shape index (κ1) is 24.3. The van der Waals surface area contributed by atoms with Gasteiger partial charge >= 0.3 is 0 Å². The van der Waals surface area contributed by atoms with Crippen LogP contribution in [0, 0.1) is 0 Å². The molecule has 6 rings (SSSR count). The number of carbonyl (C=O) groups excluding carboxylic acids is 2. The van der Waals surface area contributed by atoms with E-state index in [0.29, 0.717) is 23.7 Å². The van der Waals surface area contributed by atoms with E-state index in [1.165, 1.54) is 4.90 Å². The Labute approximate surface area is 230 Å². The minimum absolute atomic E-state index is 0.0100. The van der Waals surface area contributed by atoms with Crippen LogP contribution in [0.1, 0.15) is 11.1 Å². The Kier molecular flexibility index (Phi) is 6.49. The molecule has 4 aromatic carbocycles. The largest absolute Gasteiger partial charge is 0.457 e. The average Bonchev–Trinajstić information content (AvgIpc) is 3.30. The van der Waals surface area contributed by atoms with Gasteiger partial charge in [-0.2, -0.15) is 0 Å². The monoisotopic (exact) mass is 529 g/mol. The normalized spacial score (nSPS) is 14.6. The van der Waals surface area contributed by atoms with Gasteiger partial charge in [0.05, 0.1) is 5.69 Å². The predicted octanol–water partition coefficient (Wildman–Crippen LogP) is 6.31. The number of carbonyl (C=O) groups is 2. The molecule has 0 atom stereocenters. The van der Waals surface area contributed by atoms with E-state index in [2.05, 4.69) is 22.0 Å². The van der Waals surface area contributed by atoms with Gasteiger partial charge in [0, 0.05) is 29.2 Å². The lowest BCUT2D eigenvalue weighted by atomic mass is 10.1. The molecule has 0 radical (unpaired) electrons. The molecule has 190 valence electrons. The summed E-state index contributed by atoms with van der Waals surface area (Å²) in [5.41, 5.74) is 3.48. The Morgan fingerprint density at radius 3 is 2.15 bits per heavy atom. The highest BCUT2D eigenvalue weighted by molar-refractivity contribution is 7.80. The molecule has 1 aromatic heterocycles. The Morgan fingerprint density at radius 1 is 0.769 bits per heavy atom. The van der Waals surface area contributed by atoms with Gasteiger partial charge < -0.3 is 9.30 Å². The first-order valence-electron chi connectivity index (χ1n) is 12.4. The number of para-hydroxylation sites is 2.